The number of carbonyl (C=O) groups excluding carboxylic acids is 1. The van der Waals surface area contributed by atoms with Gasteiger partial charge in [-0.25, -0.2) is 4.39 Å². The van der Waals surface area contributed by atoms with Crippen LogP contribution in [-0.2, 0) is 4.79 Å². The molecule has 1 heterocycles. The van der Waals surface area contributed by atoms with Gasteiger partial charge < -0.3 is 5.32 Å². The molecule has 2 fully saturated rings. The summed E-state index contributed by atoms with van der Waals surface area (Å²) in [5.74, 6) is 3.17. The minimum Gasteiger partial charge on any atom is -0.349 e. The van der Waals surface area contributed by atoms with Crippen LogP contribution >= 0.6 is 11.8 Å². The maximum Gasteiger partial charge on any atom is 0.220 e. The SMILES string of the molecule is O=C(C[C@H]1C[C@H]2CC[C@H]1C2)N[C@H]1CCSc2ccc(F)cc21. The number of rotatable bonds is 3. The number of halogens is 1. The smallest absolute Gasteiger partial charge is 0.220 e. The third-order valence-corrected chi connectivity index (χ3v) is 6.80. The Morgan fingerprint density at radius 2 is 2.18 bits per heavy atom. The highest BCUT2D eigenvalue weighted by Gasteiger charge is 2.40. The van der Waals surface area contributed by atoms with Crippen molar-refractivity contribution in [3.8, 4) is 0 Å². The van der Waals surface area contributed by atoms with E-state index in [1.807, 2.05) is 6.07 Å². The van der Waals surface area contributed by atoms with Crippen LogP contribution in [0.1, 0.15) is 50.1 Å². The number of fused-ring (bicyclic) bond motifs is 3. The van der Waals surface area contributed by atoms with E-state index in [1.54, 1.807) is 17.8 Å². The number of amides is 1. The molecule has 1 aromatic rings. The lowest BCUT2D eigenvalue weighted by Gasteiger charge is -2.27. The Morgan fingerprint density at radius 3 is 2.95 bits per heavy atom. The van der Waals surface area contributed by atoms with Crippen LogP contribution in [0.4, 0.5) is 4.39 Å². The van der Waals surface area contributed by atoms with Crippen molar-refractivity contribution in [3.05, 3.63) is 29.6 Å². The summed E-state index contributed by atoms with van der Waals surface area (Å²) in [7, 11) is 0. The van der Waals surface area contributed by atoms with Gasteiger partial charge in [-0.05, 0) is 67.2 Å². The third kappa shape index (κ3) is 2.78. The summed E-state index contributed by atoms with van der Waals surface area (Å²) < 4.78 is 13.5. The van der Waals surface area contributed by atoms with Crippen molar-refractivity contribution >= 4 is 17.7 Å². The van der Waals surface area contributed by atoms with Crippen molar-refractivity contribution in [3.63, 3.8) is 0 Å². The standard InChI is InChI=1S/C18H22FNOS/c19-14-3-4-17-15(10-14)16(5-6-22-17)20-18(21)9-13-8-11-1-2-12(13)7-11/h3-4,10-13,16H,1-2,5-9H2,(H,20,21)/t11-,12-,13+,16-/m0/s1. The van der Waals surface area contributed by atoms with Gasteiger partial charge in [-0.15, -0.1) is 11.8 Å². The molecule has 0 aromatic heterocycles. The van der Waals surface area contributed by atoms with E-state index < -0.39 is 0 Å². The fraction of sp³-hybridized carbons (Fsp3) is 0.611. The Hall–Kier alpha value is -1.03. The van der Waals surface area contributed by atoms with Crippen molar-refractivity contribution in [2.45, 2.75) is 49.5 Å². The third-order valence-electron chi connectivity index (χ3n) is 5.68. The second kappa shape index (κ2) is 5.88. The molecule has 22 heavy (non-hydrogen) atoms. The fourth-order valence-electron chi connectivity index (χ4n) is 4.63. The molecule has 118 valence electrons. The number of hydrogen-bond acceptors (Lipinski definition) is 2. The van der Waals surface area contributed by atoms with E-state index in [4.69, 9.17) is 0 Å². The van der Waals surface area contributed by atoms with Gasteiger partial charge in [-0.3, -0.25) is 4.79 Å². The zero-order valence-electron chi connectivity index (χ0n) is 12.7. The van der Waals surface area contributed by atoms with Gasteiger partial charge in [0.15, 0.2) is 0 Å². The summed E-state index contributed by atoms with van der Waals surface area (Å²) in [5, 5.41) is 3.17. The van der Waals surface area contributed by atoms with Gasteiger partial charge in [0.1, 0.15) is 5.82 Å². The van der Waals surface area contributed by atoms with Gasteiger partial charge in [-0.1, -0.05) is 6.42 Å². The number of thioether (sulfide) groups is 1. The summed E-state index contributed by atoms with van der Waals surface area (Å²) in [6.07, 6.45) is 6.82. The zero-order chi connectivity index (χ0) is 15.1. The predicted octanol–water partition coefficient (Wildman–Crippen LogP) is 4.31. The van der Waals surface area contributed by atoms with Crippen molar-refractivity contribution in [2.75, 3.05) is 5.75 Å². The largest absolute Gasteiger partial charge is 0.349 e. The maximum atomic E-state index is 13.5. The summed E-state index contributed by atoms with van der Waals surface area (Å²) in [4.78, 5) is 13.5. The normalized spacial score (nSPS) is 32.8. The topological polar surface area (TPSA) is 29.1 Å². The molecule has 2 aliphatic carbocycles. The van der Waals surface area contributed by atoms with Crippen LogP contribution in [0.25, 0.3) is 0 Å². The highest BCUT2D eigenvalue weighted by atomic mass is 32.2. The Morgan fingerprint density at radius 1 is 1.27 bits per heavy atom. The number of hydrogen-bond donors (Lipinski definition) is 1. The van der Waals surface area contributed by atoms with Crippen LogP contribution in [0.2, 0.25) is 0 Å². The van der Waals surface area contributed by atoms with Crippen molar-refractivity contribution in [1.29, 1.82) is 0 Å². The van der Waals surface area contributed by atoms with E-state index in [1.165, 1.54) is 31.7 Å². The Bertz CT molecular complexity index is 590. The van der Waals surface area contributed by atoms with Crippen molar-refractivity contribution < 1.29 is 9.18 Å². The maximum absolute atomic E-state index is 13.5. The lowest BCUT2D eigenvalue weighted by Crippen LogP contribution is -2.32. The molecule has 2 nitrogen and oxygen atoms in total. The first kappa shape index (κ1) is 14.6. The van der Waals surface area contributed by atoms with Gasteiger partial charge in [0.25, 0.3) is 0 Å². The van der Waals surface area contributed by atoms with E-state index >= 15 is 0 Å². The average Bonchev–Trinajstić information content (AvgIpc) is 3.10. The van der Waals surface area contributed by atoms with E-state index in [0.717, 1.165) is 34.5 Å². The van der Waals surface area contributed by atoms with Crippen molar-refractivity contribution in [2.24, 2.45) is 17.8 Å². The summed E-state index contributed by atoms with van der Waals surface area (Å²) in [6.45, 7) is 0. The molecular formula is C18H22FNOS. The van der Waals surface area contributed by atoms with Gasteiger partial charge in [0, 0.05) is 17.1 Å². The fourth-order valence-corrected chi connectivity index (χ4v) is 5.74. The molecule has 0 radical (unpaired) electrons. The van der Waals surface area contributed by atoms with Crippen LogP contribution in [0, 0.1) is 23.6 Å². The first-order valence-electron chi connectivity index (χ1n) is 8.40. The van der Waals surface area contributed by atoms with E-state index in [9.17, 15) is 9.18 Å². The highest BCUT2D eigenvalue weighted by molar-refractivity contribution is 7.99. The molecule has 0 saturated heterocycles. The minimum atomic E-state index is -0.214. The molecule has 4 atom stereocenters. The van der Waals surface area contributed by atoms with Crippen LogP contribution in [0.15, 0.2) is 23.1 Å². The van der Waals surface area contributed by atoms with Crippen LogP contribution in [0.5, 0.6) is 0 Å². The average molecular weight is 319 g/mol. The second-order valence-corrected chi connectivity index (χ2v) is 8.22. The summed E-state index contributed by atoms with van der Waals surface area (Å²) in [5.41, 5.74) is 0.956. The molecule has 4 rings (SSSR count). The van der Waals surface area contributed by atoms with Gasteiger partial charge in [0.05, 0.1) is 6.04 Å². The second-order valence-electron chi connectivity index (χ2n) is 7.08. The molecule has 0 unspecified atom stereocenters. The monoisotopic (exact) mass is 319 g/mol. The van der Waals surface area contributed by atoms with E-state index in [-0.39, 0.29) is 17.8 Å². The first-order valence-corrected chi connectivity index (χ1v) is 9.39. The number of nitrogens with one attached hydrogen (secondary N) is 1. The lowest BCUT2D eigenvalue weighted by molar-refractivity contribution is -0.123. The Kier molecular flexibility index (Phi) is 3.89. The van der Waals surface area contributed by atoms with Gasteiger partial charge >= 0.3 is 0 Å². The quantitative estimate of drug-likeness (QED) is 0.899. The predicted molar refractivity (Wildman–Crippen MR) is 86.2 cm³/mol. The molecule has 1 aromatic carbocycles. The van der Waals surface area contributed by atoms with Crippen LogP contribution in [0.3, 0.4) is 0 Å². The van der Waals surface area contributed by atoms with Gasteiger partial charge in [0.2, 0.25) is 5.91 Å². The Balaban J connectivity index is 1.41. The summed E-state index contributed by atoms with van der Waals surface area (Å²) >= 11 is 1.75. The molecule has 2 saturated carbocycles. The zero-order valence-corrected chi connectivity index (χ0v) is 13.5. The molecule has 3 aliphatic rings. The molecule has 1 aliphatic heterocycles. The minimum absolute atomic E-state index is 0.0157. The van der Waals surface area contributed by atoms with Crippen LogP contribution < -0.4 is 5.32 Å². The summed E-state index contributed by atoms with van der Waals surface area (Å²) in [6, 6.07) is 4.91. The van der Waals surface area contributed by atoms with E-state index in [0.29, 0.717) is 12.3 Å². The molecular weight excluding hydrogens is 297 g/mol. The molecule has 4 heteroatoms. The molecule has 2 bridgehead atoms. The lowest BCUT2D eigenvalue weighted by atomic mass is 9.86. The van der Waals surface area contributed by atoms with Crippen LogP contribution in [-0.4, -0.2) is 11.7 Å². The molecule has 0 spiro atoms. The molecule has 1 amide bonds. The Labute approximate surface area is 135 Å². The number of carbonyl (C=O) groups is 1. The first-order chi connectivity index (χ1) is 10.7. The number of benzene rings is 1. The van der Waals surface area contributed by atoms with Gasteiger partial charge in [-0.2, -0.15) is 0 Å². The highest BCUT2D eigenvalue weighted by Crippen LogP contribution is 2.49. The molecule has 1 N–H and O–H groups in total. The van der Waals surface area contributed by atoms with Crippen molar-refractivity contribution in [1.82, 2.24) is 5.32 Å². The van der Waals surface area contributed by atoms with E-state index in [2.05, 4.69) is 5.32 Å².